The molecule has 0 bridgehead atoms. The maximum absolute atomic E-state index is 14.0. The Balaban J connectivity index is 1.52. The van der Waals surface area contributed by atoms with Crippen LogP contribution in [0.5, 0.6) is 0 Å². The number of amides is 3. The number of carbonyl (C=O) groups is 2. The monoisotopic (exact) mass is 403 g/mol. The lowest BCUT2D eigenvalue weighted by Gasteiger charge is -2.33. The van der Waals surface area contributed by atoms with Gasteiger partial charge in [0, 0.05) is 48.9 Å². The Morgan fingerprint density at radius 1 is 1.14 bits per heavy atom. The van der Waals surface area contributed by atoms with Gasteiger partial charge in [-0.15, -0.1) is 0 Å². The van der Waals surface area contributed by atoms with E-state index in [4.69, 9.17) is 11.6 Å². The molecule has 1 fully saturated rings. The Kier molecular flexibility index (Phi) is 6.52. The van der Waals surface area contributed by atoms with Crippen molar-refractivity contribution in [3.05, 3.63) is 64.9 Å². The molecule has 7 heteroatoms. The van der Waals surface area contributed by atoms with Gasteiger partial charge >= 0.3 is 6.03 Å². The fourth-order valence-corrected chi connectivity index (χ4v) is 3.59. The van der Waals surface area contributed by atoms with Gasteiger partial charge in [-0.2, -0.15) is 0 Å². The molecule has 2 aromatic rings. The molecular formula is C21H23ClFN3O2. The van der Waals surface area contributed by atoms with Crippen molar-refractivity contribution in [1.82, 2.24) is 9.80 Å². The number of likely N-dealkylation sites (tertiary alicyclic amines) is 1. The summed E-state index contributed by atoms with van der Waals surface area (Å²) >= 11 is 6.06. The molecule has 0 saturated carbocycles. The number of piperidine rings is 1. The van der Waals surface area contributed by atoms with Gasteiger partial charge in [0.05, 0.1) is 0 Å². The topological polar surface area (TPSA) is 52.7 Å². The highest BCUT2D eigenvalue weighted by molar-refractivity contribution is 6.31. The van der Waals surface area contributed by atoms with Crippen molar-refractivity contribution in [1.29, 1.82) is 0 Å². The number of rotatable bonds is 4. The van der Waals surface area contributed by atoms with Crippen LogP contribution in [0.3, 0.4) is 0 Å². The molecule has 2 aromatic carbocycles. The van der Waals surface area contributed by atoms with Crippen LogP contribution in [0.25, 0.3) is 0 Å². The van der Waals surface area contributed by atoms with Crippen LogP contribution in [0.4, 0.5) is 14.9 Å². The molecule has 0 unspecified atom stereocenters. The highest BCUT2D eigenvalue weighted by Crippen LogP contribution is 2.24. The van der Waals surface area contributed by atoms with Gasteiger partial charge < -0.3 is 15.1 Å². The fourth-order valence-electron chi connectivity index (χ4n) is 3.36. The summed E-state index contributed by atoms with van der Waals surface area (Å²) in [5, 5.41) is 3.17. The second kappa shape index (κ2) is 9.06. The van der Waals surface area contributed by atoms with Crippen LogP contribution in [-0.2, 0) is 11.3 Å². The van der Waals surface area contributed by atoms with E-state index in [1.165, 1.54) is 11.0 Å². The predicted molar refractivity (Wildman–Crippen MR) is 108 cm³/mol. The molecule has 28 heavy (non-hydrogen) atoms. The highest BCUT2D eigenvalue weighted by atomic mass is 35.5. The Morgan fingerprint density at radius 2 is 1.82 bits per heavy atom. The van der Waals surface area contributed by atoms with Gasteiger partial charge in [-0.25, -0.2) is 9.18 Å². The number of carbonyl (C=O) groups excluding carboxylic acids is 2. The number of urea groups is 1. The van der Waals surface area contributed by atoms with E-state index in [1.807, 2.05) is 30.3 Å². The predicted octanol–water partition coefficient (Wildman–Crippen LogP) is 4.38. The van der Waals surface area contributed by atoms with Gasteiger partial charge in [-0.3, -0.25) is 4.79 Å². The summed E-state index contributed by atoms with van der Waals surface area (Å²) in [5.41, 5.74) is 1.06. The quantitative estimate of drug-likeness (QED) is 0.823. The first kappa shape index (κ1) is 20.1. The van der Waals surface area contributed by atoms with Gasteiger partial charge in [0.25, 0.3) is 0 Å². The van der Waals surface area contributed by atoms with Crippen molar-refractivity contribution in [3.63, 3.8) is 0 Å². The molecule has 0 aromatic heterocycles. The molecule has 5 nitrogen and oxygen atoms in total. The lowest BCUT2D eigenvalue weighted by molar-refractivity contribution is -0.136. The van der Waals surface area contributed by atoms with Gasteiger partial charge in [0.15, 0.2) is 0 Å². The minimum Gasteiger partial charge on any atom is -0.341 e. The Bertz CT molecular complexity index is 819. The largest absolute Gasteiger partial charge is 0.341 e. The standard InChI is InChI=1S/C21H23ClFN3O2/c1-25(14-17-18(22)8-5-9-19(17)23)20(27)15-10-12-26(13-11-15)21(28)24-16-6-3-2-4-7-16/h2-9,15H,10-14H2,1H3,(H,24,28). The molecule has 1 saturated heterocycles. The first-order valence-electron chi connectivity index (χ1n) is 9.24. The molecule has 1 heterocycles. The fraction of sp³-hybridized carbons (Fsp3) is 0.333. The summed E-state index contributed by atoms with van der Waals surface area (Å²) in [7, 11) is 1.65. The van der Waals surface area contributed by atoms with Crippen LogP contribution >= 0.6 is 11.6 Å². The SMILES string of the molecule is CN(Cc1c(F)cccc1Cl)C(=O)C1CCN(C(=O)Nc2ccccc2)CC1. The second-order valence-corrected chi connectivity index (χ2v) is 7.36. The number of nitrogens with one attached hydrogen (secondary N) is 1. The first-order chi connectivity index (χ1) is 13.5. The van der Waals surface area contributed by atoms with Crippen LogP contribution in [0, 0.1) is 11.7 Å². The van der Waals surface area contributed by atoms with Gasteiger partial charge in [0.2, 0.25) is 5.91 Å². The second-order valence-electron chi connectivity index (χ2n) is 6.95. The number of benzene rings is 2. The minimum absolute atomic E-state index is 0.0533. The maximum Gasteiger partial charge on any atom is 0.321 e. The molecule has 3 amide bonds. The number of halogens is 2. The third-order valence-corrected chi connectivity index (χ3v) is 5.34. The smallest absolute Gasteiger partial charge is 0.321 e. The molecule has 1 aliphatic heterocycles. The van der Waals surface area contributed by atoms with Crippen LogP contribution < -0.4 is 5.32 Å². The molecule has 0 radical (unpaired) electrons. The third-order valence-electron chi connectivity index (χ3n) is 4.99. The molecule has 3 rings (SSSR count). The number of hydrogen-bond acceptors (Lipinski definition) is 2. The Morgan fingerprint density at radius 3 is 2.46 bits per heavy atom. The van der Waals surface area contributed by atoms with Crippen molar-refractivity contribution in [2.45, 2.75) is 19.4 Å². The summed E-state index contributed by atoms with van der Waals surface area (Å²) in [4.78, 5) is 28.3. The third kappa shape index (κ3) is 4.81. The molecule has 0 aliphatic carbocycles. The Hall–Kier alpha value is -2.60. The van der Waals surface area contributed by atoms with E-state index in [9.17, 15) is 14.0 Å². The molecular weight excluding hydrogens is 381 g/mol. The minimum atomic E-state index is -0.417. The maximum atomic E-state index is 14.0. The van der Waals surface area contributed by atoms with Crippen molar-refractivity contribution >= 4 is 29.2 Å². The summed E-state index contributed by atoms with van der Waals surface area (Å²) in [6, 6.07) is 13.6. The van der Waals surface area contributed by atoms with E-state index in [0.29, 0.717) is 36.5 Å². The van der Waals surface area contributed by atoms with Crippen molar-refractivity contribution in [2.75, 3.05) is 25.5 Å². The molecule has 0 spiro atoms. The normalized spacial score (nSPS) is 14.6. The van der Waals surface area contributed by atoms with Crippen LogP contribution in [-0.4, -0.2) is 41.9 Å². The van der Waals surface area contributed by atoms with Crippen molar-refractivity contribution in [2.24, 2.45) is 5.92 Å². The summed E-state index contributed by atoms with van der Waals surface area (Å²) in [6.45, 7) is 1.13. The average Bonchev–Trinajstić information content (AvgIpc) is 2.71. The molecule has 0 atom stereocenters. The highest BCUT2D eigenvalue weighted by Gasteiger charge is 2.29. The van der Waals surface area contributed by atoms with E-state index in [2.05, 4.69) is 5.32 Å². The lowest BCUT2D eigenvalue weighted by Crippen LogP contribution is -2.44. The number of anilines is 1. The lowest BCUT2D eigenvalue weighted by atomic mass is 9.95. The van der Waals surface area contributed by atoms with E-state index >= 15 is 0 Å². The molecule has 1 aliphatic rings. The van der Waals surface area contributed by atoms with E-state index in [0.717, 1.165) is 5.69 Å². The molecule has 148 valence electrons. The number of para-hydroxylation sites is 1. The van der Waals surface area contributed by atoms with Crippen LogP contribution in [0.1, 0.15) is 18.4 Å². The van der Waals surface area contributed by atoms with E-state index in [1.54, 1.807) is 24.1 Å². The molecule has 1 N–H and O–H groups in total. The van der Waals surface area contributed by atoms with Gasteiger partial charge in [-0.1, -0.05) is 35.9 Å². The van der Waals surface area contributed by atoms with Crippen molar-refractivity contribution < 1.29 is 14.0 Å². The van der Waals surface area contributed by atoms with E-state index in [-0.39, 0.29) is 24.4 Å². The van der Waals surface area contributed by atoms with Gasteiger partial charge in [-0.05, 0) is 37.1 Å². The number of nitrogens with zero attached hydrogens (tertiary/aromatic N) is 2. The first-order valence-corrected chi connectivity index (χ1v) is 9.62. The Labute approximate surface area is 169 Å². The summed E-state index contributed by atoms with van der Waals surface area (Å²) in [5.74, 6) is -0.654. The van der Waals surface area contributed by atoms with Crippen molar-refractivity contribution in [3.8, 4) is 0 Å². The zero-order valence-electron chi connectivity index (χ0n) is 15.7. The van der Waals surface area contributed by atoms with Crippen LogP contribution in [0.2, 0.25) is 5.02 Å². The zero-order valence-corrected chi connectivity index (χ0v) is 16.5. The summed E-state index contributed by atoms with van der Waals surface area (Å²) < 4.78 is 14.0. The van der Waals surface area contributed by atoms with Crippen LogP contribution in [0.15, 0.2) is 48.5 Å². The van der Waals surface area contributed by atoms with E-state index < -0.39 is 5.82 Å². The number of hydrogen-bond donors (Lipinski definition) is 1. The summed E-state index contributed by atoms with van der Waals surface area (Å²) in [6.07, 6.45) is 1.16. The average molecular weight is 404 g/mol. The zero-order chi connectivity index (χ0) is 20.1. The van der Waals surface area contributed by atoms with Gasteiger partial charge in [0.1, 0.15) is 5.82 Å².